The Hall–Kier alpha value is -0.530. The van der Waals surface area contributed by atoms with Crippen LogP contribution >= 0.6 is 11.8 Å². The molecule has 0 saturated carbocycles. The summed E-state index contributed by atoms with van der Waals surface area (Å²) in [6.07, 6.45) is 2.84. The molecule has 0 aromatic rings. The van der Waals surface area contributed by atoms with E-state index < -0.39 is 15.2 Å². The van der Waals surface area contributed by atoms with E-state index in [0.29, 0.717) is 18.8 Å². The van der Waals surface area contributed by atoms with Gasteiger partial charge in [-0.1, -0.05) is 6.08 Å². The highest BCUT2D eigenvalue weighted by Crippen LogP contribution is 2.20. The van der Waals surface area contributed by atoms with Crippen LogP contribution in [0.25, 0.3) is 0 Å². The van der Waals surface area contributed by atoms with E-state index in [1.54, 1.807) is 17.8 Å². The molecular formula is C10H18N2O3S2. The first kappa shape index (κ1) is 14.5. The van der Waals surface area contributed by atoms with Crippen molar-refractivity contribution in [2.24, 2.45) is 0 Å². The molecule has 0 aromatic carbocycles. The average Bonchev–Trinajstić information content (AvgIpc) is 2.28. The van der Waals surface area contributed by atoms with E-state index in [1.165, 1.54) is 11.2 Å². The summed E-state index contributed by atoms with van der Waals surface area (Å²) < 4.78 is 23.2. The quantitative estimate of drug-likeness (QED) is 0.553. The second kappa shape index (κ2) is 6.42. The van der Waals surface area contributed by atoms with Crippen LogP contribution in [0.15, 0.2) is 12.7 Å². The molecule has 0 spiro atoms. The summed E-state index contributed by atoms with van der Waals surface area (Å²) in [6, 6.07) is 0. The number of thioether (sulfide) groups is 1. The minimum atomic E-state index is -3.21. The molecule has 98 valence electrons. The van der Waals surface area contributed by atoms with Crippen LogP contribution in [0.4, 0.5) is 0 Å². The van der Waals surface area contributed by atoms with E-state index in [2.05, 4.69) is 11.9 Å². The van der Waals surface area contributed by atoms with Gasteiger partial charge >= 0.3 is 0 Å². The first-order valence-corrected chi connectivity index (χ1v) is 8.45. The zero-order valence-electron chi connectivity index (χ0n) is 9.89. The lowest BCUT2D eigenvalue weighted by Crippen LogP contribution is -2.52. The zero-order chi connectivity index (χ0) is 12.9. The SMILES string of the molecule is C=CCNCC(=O)N1CCSCC1S(C)(=O)=O. The molecule has 1 fully saturated rings. The second-order valence-corrected chi connectivity index (χ2v) is 7.22. The van der Waals surface area contributed by atoms with Gasteiger partial charge in [0.1, 0.15) is 5.37 Å². The van der Waals surface area contributed by atoms with Gasteiger partial charge in [-0.25, -0.2) is 8.42 Å². The van der Waals surface area contributed by atoms with E-state index in [0.717, 1.165) is 5.75 Å². The van der Waals surface area contributed by atoms with Crippen LogP contribution < -0.4 is 5.32 Å². The Balaban J connectivity index is 2.65. The molecule has 0 radical (unpaired) electrons. The molecule has 0 aromatic heterocycles. The molecule has 0 aliphatic carbocycles. The van der Waals surface area contributed by atoms with Crippen LogP contribution in [0.5, 0.6) is 0 Å². The Morgan fingerprint density at radius 2 is 2.35 bits per heavy atom. The number of amides is 1. The summed E-state index contributed by atoms with van der Waals surface area (Å²) in [4.78, 5) is 13.3. The Morgan fingerprint density at radius 1 is 1.65 bits per heavy atom. The Morgan fingerprint density at radius 3 is 2.94 bits per heavy atom. The van der Waals surface area contributed by atoms with E-state index in [-0.39, 0.29) is 12.5 Å². The number of rotatable bonds is 5. The lowest BCUT2D eigenvalue weighted by molar-refractivity contribution is -0.130. The van der Waals surface area contributed by atoms with Gasteiger partial charge in [-0.3, -0.25) is 4.79 Å². The van der Waals surface area contributed by atoms with Crippen molar-refractivity contribution in [1.82, 2.24) is 10.2 Å². The van der Waals surface area contributed by atoms with E-state index in [9.17, 15) is 13.2 Å². The first-order chi connectivity index (χ1) is 7.96. The number of nitrogens with zero attached hydrogens (tertiary/aromatic N) is 1. The summed E-state index contributed by atoms with van der Waals surface area (Å²) in [6.45, 7) is 4.73. The van der Waals surface area contributed by atoms with Gasteiger partial charge in [0.25, 0.3) is 0 Å². The molecule has 1 amide bonds. The van der Waals surface area contributed by atoms with E-state index in [4.69, 9.17) is 0 Å². The van der Waals surface area contributed by atoms with Gasteiger partial charge < -0.3 is 10.2 Å². The Kier molecular flexibility index (Phi) is 5.48. The van der Waals surface area contributed by atoms with Crippen LogP contribution in [0.3, 0.4) is 0 Å². The van der Waals surface area contributed by atoms with Gasteiger partial charge in [0, 0.05) is 30.9 Å². The van der Waals surface area contributed by atoms with Gasteiger partial charge in [-0.05, 0) is 0 Å². The molecule has 7 heteroatoms. The molecule has 1 N–H and O–H groups in total. The highest BCUT2D eigenvalue weighted by Gasteiger charge is 2.33. The van der Waals surface area contributed by atoms with E-state index in [1.807, 2.05) is 0 Å². The van der Waals surface area contributed by atoms with Crippen molar-refractivity contribution in [1.29, 1.82) is 0 Å². The molecule has 1 aliphatic heterocycles. The standard InChI is InChI=1S/C10H18N2O3S2/c1-3-4-11-7-9(13)12-5-6-16-8-10(12)17(2,14)15/h3,10-11H,1,4-8H2,2H3. The molecule has 1 saturated heterocycles. The number of hydrogen-bond acceptors (Lipinski definition) is 5. The van der Waals surface area contributed by atoms with Gasteiger partial charge in [-0.2, -0.15) is 11.8 Å². The third-order valence-electron chi connectivity index (χ3n) is 2.46. The fraction of sp³-hybridized carbons (Fsp3) is 0.700. The van der Waals surface area contributed by atoms with Crippen molar-refractivity contribution in [2.45, 2.75) is 5.37 Å². The normalized spacial score (nSPS) is 21.2. The number of carbonyl (C=O) groups is 1. The average molecular weight is 278 g/mol. The number of nitrogens with one attached hydrogen (secondary N) is 1. The van der Waals surface area contributed by atoms with Crippen LogP contribution in [-0.4, -0.2) is 62.0 Å². The third kappa shape index (κ3) is 4.33. The highest BCUT2D eigenvalue weighted by molar-refractivity contribution is 8.00. The van der Waals surface area contributed by atoms with E-state index >= 15 is 0 Å². The van der Waals surface area contributed by atoms with Crippen LogP contribution in [0, 0.1) is 0 Å². The largest absolute Gasteiger partial charge is 0.323 e. The third-order valence-corrected chi connectivity index (χ3v) is 5.11. The summed E-state index contributed by atoms with van der Waals surface area (Å²) in [5.74, 6) is 1.09. The molecular weight excluding hydrogens is 260 g/mol. The van der Waals surface area contributed by atoms with Crippen molar-refractivity contribution in [2.75, 3.05) is 37.4 Å². The van der Waals surface area contributed by atoms with Crippen LogP contribution in [-0.2, 0) is 14.6 Å². The van der Waals surface area contributed by atoms with Gasteiger partial charge in [0.15, 0.2) is 9.84 Å². The molecule has 17 heavy (non-hydrogen) atoms. The summed E-state index contributed by atoms with van der Waals surface area (Å²) in [5, 5.41) is 2.21. The molecule has 1 aliphatic rings. The number of sulfone groups is 1. The monoisotopic (exact) mass is 278 g/mol. The molecule has 1 rings (SSSR count). The maximum atomic E-state index is 11.9. The van der Waals surface area contributed by atoms with Gasteiger partial charge in [0.05, 0.1) is 6.54 Å². The minimum Gasteiger partial charge on any atom is -0.323 e. The number of hydrogen-bond donors (Lipinski definition) is 1. The van der Waals surface area contributed by atoms with Crippen LogP contribution in [0.1, 0.15) is 0 Å². The fourth-order valence-electron chi connectivity index (χ4n) is 1.60. The first-order valence-electron chi connectivity index (χ1n) is 5.34. The highest BCUT2D eigenvalue weighted by atomic mass is 32.2. The predicted octanol–water partition coefficient (Wildman–Crippen LogP) is -0.292. The topological polar surface area (TPSA) is 66.5 Å². The van der Waals surface area contributed by atoms with Crippen molar-refractivity contribution < 1.29 is 13.2 Å². The van der Waals surface area contributed by atoms with Crippen molar-refractivity contribution >= 4 is 27.5 Å². The molecule has 5 nitrogen and oxygen atoms in total. The molecule has 1 heterocycles. The number of carbonyl (C=O) groups excluding carboxylic acids is 1. The van der Waals surface area contributed by atoms with Gasteiger partial charge in [-0.15, -0.1) is 6.58 Å². The Labute approximate surface area is 107 Å². The fourth-order valence-corrected chi connectivity index (χ4v) is 4.44. The molecule has 0 bridgehead atoms. The zero-order valence-corrected chi connectivity index (χ0v) is 11.5. The molecule has 1 atom stereocenters. The van der Waals surface area contributed by atoms with Crippen molar-refractivity contribution in [3.63, 3.8) is 0 Å². The van der Waals surface area contributed by atoms with Crippen molar-refractivity contribution in [3.8, 4) is 0 Å². The predicted molar refractivity (Wildman–Crippen MR) is 70.7 cm³/mol. The second-order valence-electron chi connectivity index (χ2n) is 3.87. The minimum absolute atomic E-state index is 0.155. The lowest BCUT2D eigenvalue weighted by Gasteiger charge is -2.34. The maximum Gasteiger partial charge on any atom is 0.237 e. The maximum absolute atomic E-state index is 11.9. The molecule has 1 unspecified atom stereocenters. The van der Waals surface area contributed by atoms with Crippen LogP contribution in [0.2, 0.25) is 0 Å². The summed E-state index contributed by atoms with van der Waals surface area (Å²) in [7, 11) is -3.21. The summed E-state index contributed by atoms with van der Waals surface area (Å²) >= 11 is 1.57. The van der Waals surface area contributed by atoms with Gasteiger partial charge in [0.2, 0.25) is 5.91 Å². The lowest BCUT2D eigenvalue weighted by atomic mass is 10.4. The van der Waals surface area contributed by atoms with Crippen molar-refractivity contribution in [3.05, 3.63) is 12.7 Å². The smallest absolute Gasteiger partial charge is 0.237 e. The summed E-state index contributed by atoms with van der Waals surface area (Å²) in [5.41, 5.74) is 0. The Bertz CT molecular complexity index is 381.